The summed E-state index contributed by atoms with van der Waals surface area (Å²) in [5, 5.41) is 2.59. The number of halogens is 2. The van der Waals surface area contributed by atoms with Crippen molar-refractivity contribution in [2.75, 3.05) is 16.2 Å². The van der Waals surface area contributed by atoms with E-state index < -0.39 is 28.3 Å². The van der Waals surface area contributed by atoms with Crippen LogP contribution in [0.25, 0.3) is 0 Å². The van der Waals surface area contributed by atoms with E-state index in [1.807, 2.05) is 6.92 Å². The zero-order valence-corrected chi connectivity index (χ0v) is 17.9. The fourth-order valence-electron chi connectivity index (χ4n) is 2.62. The first-order chi connectivity index (χ1) is 13.8. The molecule has 3 aromatic rings. The van der Waals surface area contributed by atoms with Gasteiger partial charge in [0.05, 0.1) is 10.6 Å². The van der Waals surface area contributed by atoms with Gasteiger partial charge in [-0.15, -0.1) is 0 Å². The molecule has 3 aromatic carbocycles. The molecule has 0 spiro atoms. The van der Waals surface area contributed by atoms with E-state index in [1.165, 1.54) is 36.4 Å². The number of hydrogen-bond acceptors (Lipinski definition) is 3. The first-order valence-electron chi connectivity index (χ1n) is 8.66. The predicted octanol–water partition coefficient (Wildman–Crippen LogP) is 4.73. The van der Waals surface area contributed by atoms with Gasteiger partial charge in [0.2, 0.25) is 5.91 Å². The van der Waals surface area contributed by atoms with Crippen LogP contribution in [0.3, 0.4) is 0 Å². The molecular formula is C21H18BrFN2O3S. The molecular weight excluding hydrogens is 459 g/mol. The summed E-state index contributed by atoms with van der Waals surface area (Å²) in [5.74, 6) is -0.975. The standard InChI is InChI=1S/C21H18BrFN2O3S/c1-15-2-12-20(13-3-15)29(27,28)25(19-10-4-16(22)5-11-19)14-21(26)24-18-8-6-17(23)7-9-18/h2-13H,14H2,1H3,(H,24,26). The Morgan fingerprint density at radius 2 is 1.55 bits per heavy atom. The summed E-state index contributed by atoms with van der Waals surface area (Å²) in [7, 11) is -3.98. The van der Waals surface area contributed by atoms with Gasteiger partial charge in [-0.3, -0.25) is 9.10 Å². The average molecular weight is 477 g/mol. The second-order valence-corrected chi connectivity index (χ2v) is 9.13. The highest BCUT2D eigenvalue weighted by molar-refractivity contribution is 9.10. The van der Waals surface area contributed by atoms with Crippen LogP contribution in [-0.4, -0.2) is 20.9 Å². The highest BCUT2D eigenvalue weighted by atomic mass is 79.9. The van der Waals surface area contributed by atoms with Gasteiger partial charge in [0, 0.05) is 10.2 Å². The third-order valence-corrected chi connectivity index (χ3v) is 6.46. The summed E-state index contributed by atoms with van der Waals surface area (Å²) in [6.07, 6.45) is 0. The second-order valence-electron chi connectivity index (χ2n) is 6.36. The summed E-state index contributed by atoms with van der Waals surface area (Å²) in [5.41, 5.74) is 1.65. The molecule has 0 radical (unpaired) electrons. The zero-order valence-electron chi connectivity index (χ0n) is 15.5. The molecule has 1 N–H and O–H groups in total. The number of nitrogens with one attached hydrogen (secondary N) is 1. The SMILES string of the molecule is Cc1ccc(S(=O)(=O)N(CC(=O)Nc2ccc(F)cc2)c2ccc(Br)cc2)cc1. The molecule has 0 saturated carbocycles. The molecule has 1 amide bonds. The Balaban J connectivity index is 1.92. The van der Waals surface area contributed by atoms with Crippen LogP contribution in [0.1, 0.15) is 5.56 Å². The molecule has 0 aliphatic heterocycles. The van der Waals surface area contributed by atoms with Crippen molar-refractivity contribution in [2.45, 2.75) is 11.8 Å². The number of sulfonamides is 1. The first kappa shape index (κ1) is 21.0. The van der Waals surface area contributed by atoms with Gasteiger partial charge in [-0.25, -0.2) is 12.8 Å². The molecule has 3 rings (SSSR count). The summed E-state index contributed by atoms with van der Waals surface area (Å²) in [6.45, 7) is 1.42. The molecule has 29 heavy (non-hydrogen) atoms. The lowest BCUT2D eigenvalue weighted by atomic mass is 10.2. The van der Waals surface area contributed by atoms with Crippen LogP contribution in [-0.2, 0) is 14.8 Å². The maximum Gasteiger partial charge on any atom is 0.264 e. The number of anilines is 2. The number of carbonyl (C=O) groups excluding carboxylic acids is 1. The lowest BCUT2D eigenvalue weighted by molar-refractivity contribution is -0.114. The normalized spacial score (nSPS) is 11.1. The van der Waals surface area contributed by atoms with Gasteiger partial charge in [0.1, 0.15) is 12.4 Å². The van der Waals surface area contributed by atoms with Crippen molar-refractivity contribution in [3.05, 3.63) is 88.6 Å². The summed E-state index contributed by atoms with van der Waals surface area (Å²) >= 11 is 3.32. The molecule has 0 heterocycles. The summed E-state index contributed by atoms with van der Waals surface area (Å²) in [6, 6.07) is 18.3. The van der Waals surface area contributed by atoms with Crippen LogP contribution >= 0.6 is 15.9 Å². The van der Waals surface area contributed by atoms with Crippen LogP contribution < -0.4 is 9.62 Å². The highest BCUT2D eigenvalue weighted by Crippen LogP contribution is 2.25. The zero-order chi connectivity index (χ0) is 21.0. The lowest BCUT2D eigenvalue weighted by Crippen LogP contribution is -2.38. The molecule has 0 aliphatic rings. The minimum Gasteiger partial charge on any atom is -0.325 e. The number of benzene rings is 3. The first-order valence-corrected chi connectivity index (χ1v) is 10.9. The van der Waals surface area contributed by atoms with Gasteiger partial charge in [0.15, 0.2) is 0 Å². The molecule has 150 valence electrons. The van der Waals surface area contributed by atoms with Gasteiger partial charge in [-0.05, 0) is 67.6 Å². The number of hydrogen-bond donors (Lipinski definition) is 1. The van der Waals surface area contributed by atoms with Crippen molar-refractivity contribution in [1.82, 2.24) is 0 Å². The molecule has 0 fully saturated rings. The molecule has 0 aromatic heterocycles. The number of nitrogens with zero attached hydrogens (tertiary/aromatic N) is 1. The van der Waals surface area contributed by atoms with Crippen LogP contribution in [0.2, 0.25) is 0 Å². The van der Waals surface area contributed by atoms with Crippen LogP contribution in [0, 0.1) is 12.7 Å². The Morgan fingerprint density at radius 3 is 2.14 bits per heavy atom. The number of carbonyl (C=O) groups is 1. The van der Waals surface area contributed by atoms with Gasteiger partial charge in [-0.2, -0.15) is 0 Å². The van der Waals surface area contributed by atoms with E-state index in [4.69, 9.17) is 0 Å². The van der Waals surface area contributed by atoms with E-state index in [1.54, 1.807) is 36.4 Å². The Bertz CT molecular complexity index is 1100. The molecule has 0 aliphatic carbocycles. The largest absolute Gasteiger partial charge is 0.325 e. The number of aryl methyl sites for hydroxylation is 1. The maximum atomic E-state index is 13.2. The second kappa shape index (κ2) is 8.75. The third kappa shape index (κ3) is 5.21. The number of rotatable bonds is 6. The highest BCUT2D eigenvalue weighted by Gasteiger charge is 2.27. The van der Waals surface area contributed by atoms with Gasteiger partial charge < -0.3 is 5.32 Å². The van der Waals surface area contributed by atoms with Crippen molar-refractivity contribution in [1.29, 1.82) is 0 Å². The Hall–Kier alpha value is -2.71. The Kier molecular flexibility index (Phi) is 6.34. The van der Waals surface area contributed by atoms with E-state index in [0.717, 1.165) is 14.3 Å². The lowest BCUT2D eigenvalue weighted by Gasteiger charge is -2.24. The smallest absolute Gasteiger partial charge is 0.264 e. The van der Waals surface area contributed by atoms with Gasteiger partial charge >= 0.3 is 0 Å². The van der Waals surface area contributed by atoms with Crippen molar-refractivity contribution in [3.63, 3.8) is 0 Å². The van der Waals surface area contributed by atoms with Crippen molar-refractivity contribution >= 4 is 43.2 Å². The molecule has 8 heteroatoms. The van der Waals surface area contributed by atoms with Gasteiger partial charge in [0.25, 0.3) is 10.0 Å². The van der Waals surface area contributed by atoms with Gasteiger partial charge in [-0.1, -0.05) is 33.6 Å². The molecule has 0 atom stereocenters. The minimum absolute atomic E-state index is 0.0839. The Morgan fingerprint density at radius 1 is 0.966 bits per heavy atom. The van der Waals surface area contributed by atoms with Crippen LogP contribution in [0.15, 0.2) is 82.2 Å². The van der Waals surface area contributed by atoms with Crippen molar-refractivity contribution in [3.8, 4) is 0 Å². The summed E-state index contributed by atoms with van der Waals surface area (Å²) in [4.78, 5) is 12.6. The Labute approximate surface area is 177 Å². The average Bonchev–Trinajstić information content (AvgIpc) is 2.69. The topological polar surface area (TPSA) is 66.5 Å². The predicted molar refractivity (Wildman–Crippen MR) is 115 cm³/mol. The minimum atomic E-state index is -3.98. The molecule has 5 nitrogen and oxygen atoms in total. The number of amides is 1. The van der Waals surface area contributed by atoms with E-state index >= 15 is 0 Å². The third-order valence-electron chi connectivity index (χ3n) is 4.14. The molecule has 0 bridgehead atoms. The monoisotopic (exact) mass is 476 g/mol. The van der Waals surface area contributed by atoms with E-state index in [0.29, 0.717) is 11.4 Å². The fraction of sp³-hybridized carbons (Fsp3) is 0.0952. The molecule has 0 unspecified atom stereocenters. The van der Waals surface area contributed by atoms with E-state index in [-0.39, 0.29) is 4.90 Å². The fourth-order valence-corrected chi connectivity index (χ4v) is 4.31. The maximum absolute atomic E-state index is 13.2. The van der Waals surface area contributed by atoms with Crippen molar-refractivity contribution in [2.24, 2.45) is 0 Å². The van der Waals surface area contributed by atoms with Crippen LogP contribution in [0.4, 0.5) is 15.8 Å². The van der Waals surface area contributed by atoms with E-state index in [2.05, 4.69) is 21.2 Å². The quantitative estimate of drug-likeness (QED) is 0.558. The van der Waals surface area contributed by atoms with E-state index in [9.17, 15) is 17.6 Å². The molecule has 0 saturated heterocycles. The summed E-state index contributed by atoms with van der Waals surface area (Å²) < 4.78 is 41.4. The van der Waals surface area contributed by atoms with Crippen molar-refractivity contribution < 1.29 is 17.6 Å². The van der Waals surface area contributed by atoms with Crippen LogP contribution in [0.5, 0.6) is 0 Å².